The fraction of sp³-hybridized carbons (Fsp3) is 0.417. The van der Waals surface area contributed by atoms with E-state index in [1.807, 2.05) is 12.1 Å². The average molecular weight is 261 g/mol. The van der Waals surface area contributed by atoms with E-state index in [4.69, 9.17) is 10.8 Å². The smallest absolute Gasteiger partial charge is 0.407 e. The maximum atomic E-state index is 10.9. The predicted octanol–water partition coefficient (Wildman–Crippen LogP) is 0.854. The molecular weight excluding hydrogens is 246 g/mol. The van der Waals surface area contributed by atoms with E-state index < -0.39 is 6.09 Å². The summed E-state index contributed by atoms with van der Waals surface area (Å²) in [7, 11) is 0. The molecule has 0 radical (unpaired) electrons. The van der Waals surface area contributed by atoms with Gasteiger partial charge >= 0.3 is 6.09 Å². The number of nitrogen functional groups attached to an aromatic ring is 1. The summed E-state index contributed by atoms with van der Waals surface area (Å²) in [5.74, 6) is 0.797. The summed E-state index contributed by atoms with van der Waals surface area (Å²) in [5, 5.41) is 13.1. The molecule has 2 aromatic heterocycles. The minimum absolute atomic E-state index is 0.338. The van der Waals surface area contributed by atoms with Crippen LogP contribution in [0.4, 0.5) is 10.6 Å². The van der Waals surface area contributed by atoms with Gasteiger partial charge in [0.15, 0.2) is 5.82 Å². The van der Waals surface area contributed by atoms with Crippen molar-refractivity contribution in [3.05, 3.63) is 24.2 Å². The topological polar surface area (TPSA) is 96.8 Å². The predicted molar refractivity (Wildman–Crippen MR) is 68.8 cm³/mol. The summed E-state index contributed by atoms with van der Waals surface area (Å²) in [6.45, 7) is 1.20. The second-order valence-corrected chi connectivity index (χ2v) is 4.85. The molecule has 1 aliphatic rings. The lowest BCUT2D eigenvalue weighted by Gasteiger charge is -2.12. The number of nitrogens with zero attached hydrogens (tertiary/aromatic N) is 4. The zero-order chi connectivity index (χ0) is 13.4. The third-order valence-electron chi connectivity index (χ3n) is 3.61. The molecule has 0 aromatic carbocycles. The molecule has 1 unspecified atom stereocenters. The number of carbonyl (C=O) groups is 1. The highest BCUT2D eigenvalue weighted by molar-refractivity contribution is 5.66. The van der Waals surface area contributed by atoms with Gasteiger partial charge in [0.25, 0.3) is 0 Å². The molecule has 0 bridgehead atoms. The van der Waals surface area contributed by atoms with Crippen LogP contribution in [-0.4, -0.2) is 43.8 Å². The van der Waals surface area contributed by atoms with E-state index in [0.717, 1.165) is 24.1 Å². The Labute approximate surface area is 109 Å². The quantitative estimate of drug-likeness (QED) is 0.835. The van der Waals surface area contributed by atoms with Crippen molar-refractivity contribution in [1.29, 1.82) is 0 Å². The fourth-order valence-corrected chi connectivity index (χ4v) is 2.63. The first-order valence-corrected chi connectivity index (χ1v) is 6.20. The number of hydrogen-bond acceptors (Lipinski definition) is 4. The van der Waals surface area contributed by atoms with Gasteiger partial charge in [-0.2, -0.15) is 5.10 Å². The van der Waals surface area contributed by atoms with Crippen LogP contribution in [0.15, 0.2) is 18.5 Å². The van der Waals surface area contributed by atoms with Crippen LogP contribution < -0.4 is 5.73 Å². The van der Waals surface area contributed by atoms with E-state index in [0.29, 0.717) is 24.8 Å². The number of anilines is 1. The molecule has 3 N–H and O–H groups in total. The molecule has 7 heteroatoms. The lowest BCUT2D eigenvalue weighted by molar-refractivity contribution is 0.154. The van der Waals surface area contributed by atoms with Crippen LogP contribution in [0, 0.1) is 5.92 Å². The van der Waals surface area contributed by atoms with Crippen molar-refractivity contribution in [2.24, 2.45) is 5.92 Å². The largest absolute Gasteiger partial charge is 0.465 e. The van der Waals surface area contributed by atoms with Crippen molar-refractivity contribution in [2.45, 2.75) is 12.8 Å². The highest BCUT2D eigenvalue weighted by Crippen LogP contribution is 2.22. The molecule has 7 nitrogen and oxygen atoms in total. The SMILES string of the molecule is Nc1ncnn2c(CC3CCN(C(=O)O)C3)ccc12. The lowest BCUT2D eigenvalue weighted by Crippen LogP contribution is -2.27. The molecule has 1 atom stereocenters. The minimum atomic E-state index is -0.839. The van der Waals surface area contributed by atoms with E-state index in [1.54, 1.807) is 4.52 Å². The molecule has 3 heterocycles. The fourth-order valence-electron chi connectivity index (χ4n) is 2.63. The summed E-state index contributed by atoms with van der Waals surface area (Å²) in [6, 6.07) is 3.87. The highest BCUT2D eigenvalue weighted by Gasteiger charge is 2.26. The van der Waals surface area contributed by atoms with Crippen molar-refractivity contribution in [3.63, 3.8) is 0 Å². The third-order valence-corrected chi connectivity index (χ3v) is 3.61. The van der Waals surface area contributed by atoms with Crippen LogP contribution in [0.25, 0.3) is 5.52 Å². The van der Waals surface area contributed by atoms with Gasteiger partial charge < -0.3 is 15.7 Å². The summed E-state index contributed by atoms with van der Waals surface area (Å²) < 4.78 is 1.78. The first kappa shape index (κ1) is 11.8. The minimum Gasteiger partial charge on any atom is -0.465 e. The molecule has 2 aromatic rings. The molecule has 0 spiro atoms. The standard InChI is InChI=1S/C12H15N5O2/c13-11-10-2-1-9(17(10)15-7-14-11)5-8-3-4-16(6-8)12(18)19/h1-2,7-8H,3-6H2,(H,18,19)(H2,13,14,15). The number of likely N-dealkylation sites (tertiary alicyclic amines) is 1. The Balaban J connectivity index is 1.79. The maximum Gasteiger partial charge on any atom is 0.407 e. The molecule has 1 amide bonds. The van der Waals surface area contributed by atoms with Crippen LogP contribution in [0.1, 0.15) is 12.1 Å². The summed E-state index contributed by atoms with van der Waals surface area (Å²) in [4.78, 5) is 16.3. The van der Waals surface area contributed by atoms with E-state index in [1.165, 1.54) is 11.2 Å². The number of aromatic nitrogens is 3. The van der Waals surface area contributed by atoms with Crippen molar-refractivity contribution in [3.8, 4) is 0 Å². The Morgan fingerprint density at radius 3 is 3.11 bits per heavy atom. The van der Waals surface area contributed by atoms with Crippen LogP contribution >= 0.6 is 0 Å². The van der Waals surface area contributed by atoms with Crippen molar-refractivity contribution in [2.75, 3.05) is 18.8 Å². The Kier molecular flexibility index (Phi) is 2.73. The van der Waals surface area contributed by atoms with Gasteiger partial charge in [0.1, 0.15) is 11.8 Å². The first-order chi connectivity index (χ1) is 9.15. The molecule has 0 saturated carbocycles. The van der Waals surface area contributed by atoms with Gasteiger partial charge in [0, 0.05) is 18.8 Å². The molecule has 1 saturated heterocycles. The molecular formula is C12H15N5O2. The number of hydrogen-bond donors (Lipinski definition) is 2. The van der Waals surface area contributed by atoms with Gasteiger partial charge in [-0.15, -0.1) is 0 Å². The molecule has 100 valence electrons. The zero-order valence-corrected chi connectivity index (χ0v) is 10.4. The van der Waals surface area contributed by atoms with Crippen molar-refractivity contribution in [1.82, 2.24) is 19.5 Å². The second-order valence-electron chi connectivity index (χ2n) is 4.85. The monoisotopic (exact) mass is 261 g/mol. The summed E-state index contributed by atoms with van der Waals surface area (Å²) in [6.07, 6.45) is 2.28. The van der Waals surface area contributed by atoms with E-state index in [2.05, 4.69) is 10.1 Å². The lowest BCUT2D eigenvalue weighted by atomic mass is 10.0. The Hall–Kier alpha value is -2.31. The van der Waals surface area contributed by atoms with E-state index in [-0.39, 0.29) is 0 Å². The normalized spacial score (nSPS) is 19.2. The number of nitrogens with two attached hydrogens (primary N) is 1. The average Bonchev–Trinajstić information content (AvgIpc) is 2.98. The Morgan fingerprint density at radius 1 is 1.53 bits per heavy atom. The first-order valence-electron chi connectivity index (χ1n) is 6.20. The van der Waals surface area contributed by atoms with Crippen LogP contribution in [0.2, 0.25) is 0 Å². The Morgan fingerprint density at radius 2 is 2.37 bits per heavy atom. The van der Waals surface area contributed by atoms with Crippen molar-refractivity contribution < 1.29 is 9.90 Å². The van der Waals surface area contributed by atoms with Crippen LogP contribution in [-0.2, 0) is 6.42 Å². The molecule has 1 aliphatic heterocycles. The van der Waals surface area contributed by atoms with Gasteiger partial charge in [-0.1, -0.05) is 0 Å². The molecule has 1 fully saturated rings. The maximum absolute atomic E-state index is 10.9. The summed E-state index contributed by atoms with van der Waals surface area (Å²) >= 11 is 0. The molecule has 3 rings (SSSR count). The Bertz CT molecular complexity index is 624. The number of fused-ring (bicyclic) bond motifs is 1. The van der Waals surface area contributed by atoms with Gasteiger partial charge in [0.2, 0.25) is 0 Å². The van der Waals surface area contributed by atoms with E-state index >= 15 is 0 Å². The van der Waals surface area contributed by atoms with Gasteiger partial charge in [-0.25, -0.2) is 14.3 Å². The zero-order valence-electron chi connectivity index (χ0n) is 10.4. The third kappa shape index (κ3) is 2.07. The number of carboxylic acid groups (broad SMARTS) is 1. The summed E-state index contributed by atoms with van der Waals surface area (Å²) in [5.41, 5.74) is 7.62. The second kappa shape index (κ2) is 4.42. The van der Waals surface area contributed by atoms with Crippen LogP contribution in [0.3, 0.4) is 0 Å². The molecule has 19 heavy (non-hydrogen) atoms. The van der Waals surface area contributed by atoms with Crippen LogP contribution in [0.5, 0.6) is 0 Å². The number of rotatable bonds is 2. The van der Waals surface area contributed by atoms with Gasteiger partial charge in [-0.3, -0.25) is 0 Å². The van der Waals surface area contributed by atoms with E-state index in [9.17, 15) is 4.79 Å². The van der Waals surface area contributed by atoms with Gasteiger partial charge in [-0.05, 0) is 30.9 Å². The highest BCUT2D eigenvalue weighted by atomic mass is 16.4. The van der Waals surface area contributed by atoms with Gasteiger partial charge in [0.05, 0.1) is 0 Å². The number of amides is 1. The molecule has 0 aliphatic carbocycles. The van der Waals surface area contributed by atoms with Crippen molar-refractivity contribution >= 4 is 17.4 Å².